The molecule has 0 spiro atoms. The number of nitrogens with zero attached hydrogens (tertiary/aromatic N) is 1. The SMILES string of the molecule is Cc1ccc(F)c(C(NC(=O)CCC/C(=N/c2sc(C)c(C)c2C)NC=O)C2(C)CCCC2)c1Cl. The average Bonchev–Trinajstić information content (AvgIpc) is 3.35. The highest BCUT2D eigenvalue weighted by Gasteiger charge is 2.41. The van der Waals surface area contributed by atoms with Gasteiger partial charge >= 0.3 is 0 Å². The van der Waals surface area contributed by atoms with E-state index in [9.17, 15) is 14.0 Å². The van der Waals surface area contributed by atoms with Gasteiger partial charge in [0.1, 0.15) is 16.7 Å². The van der Waals surface area contributed by atoms with Crippen molar-refractivity contribution in [3.8, 4) is 0 Å². The van der Waals surface area contributed by atoms with Crippen molar-refractivity contribution in [3.05, 3.63) is 50.1 Å². The summed E-state index contributed by atoms with van der Waals surface area (Å²) in [7, 11) is 0. The number of carbonyl (C=O) groups is 2. The lowest BCUT2D eigenvalue weighted by atomic mass is 9.76. The van der Waals surface area contributed by atoms with Gasteiger partial charge in [-0.1, -0.05) is 37.4 Å². The standard InChI is InChI=1S/C27H35ClFN3O2S/c1-16-11-12-20(29)23(24(16)28)25(27(5)13-6-7-14-27)32-22(34)10-8-9-21(30-15-33)31-26-18(3)17(2)19(4)35-26/h11-12,15,25H,6-10,13-14H2,1-5H3,(H,32,34)(H,30,31,33). The molecule has 3 rings (SSSR count). The molecule has 2 aromatic rings. The van der Waals surface area contributed by atoms with Gasteiger partial charge in [0.2, 0.25) is 12.3 Å². The molecule has 35 heavy (non-hydrogen) atoms. The van der Waals surface area contributed by atoms with Gasteiger partial charge in [-0.05, 0) is 75.1 Å². The molecule has 1 aliphatic carbocycles. The Labute approximate surface area is 216 Å². The maximum absolute atomic E-state index is 15.0. The van der Waals surface area contributed by atoms with Crippen LogP contribution >= 0.6 is 22.9 Å². The molecule has 1 aromatic heterocycles. The van der Waals surface area contributed by atoms with Crippen molar-refractivity contribution in [2.75, 3.05) is 0 Å². The molecule has 1 atom stereocenters. The van der Waals surface area contributed by atoms with Gasteiger partial charge in [0.15, 0.2) is 0 Å². The second-order valence-corrected chi connectivity index (χ2v) is 11.4. The molecule has 2 amide bonds. The third-order valence-electron chi connectivity index (χ3n) is 7.30. The summed E-state index contributed by atoms with van der Waals surface area (Å²) in [5, 5.41) is 7.03. The van der Waals surface area contributed by atoms with E-state index in [1.807, 2.05) is 20.8 Å². The number of carbonyl (C=O) groups excluding carboxylic acids is 2. The maximum atomic E-state index is 15.0. The number of aliphatic imine (C=N–C) groups is 1. The lowest BCUT2D eigenvalue weighted by Gasteiger charge is -2.36. The van der Waals surface area contributed by atoms with Crippen LogP contribution in [0.3, 0.4) is 0 Å². The minimum atomic E-state index is -0.495. The van der Waals surface area contributed by atoms with Crippen molar-refractivity contribution in [1.29, 1.82) is 0 Å². The summed E-state index contributed by atoms with van der Waals surface area (Å²) in [6.07, 6.45) is 5.70. The van der Waals surface area contributed by atoms with Crippen LogP contribution in [0.4, 0.5) is 9.39 Å². The number of benzene rings is 1. The fraction of sp³-hybridized carbons (Fsp3) is 0.519. The molecule has 0 saturated heterocycles. The van der Waals surface area contributed by atoms with Gasteiger partial charge in [0, 0.05) is 23.3 Å². The van der Waals surface area contributed by atoms with Gasteiger partial charge in [-0.25, -0.2) is 9.38 Å². The summed E-state index contributed by atoms with van der Waals surface area (Å²) in [5.41, 5.74) is 3.21. The molecular weight excluding hydrogens is 485 g/mol. The van der Waals surface area contributed by atoms with E-state index in [1.165, 1.54) is 16.5 Å². The number of hydrogen-bond acceptors (Lipinski definition) is 4. The van der Waals surface area contributed by atoms with Crippen LogP contribution in [-0.4, -0.2) is 18.2 Å². The molecule has 190 valence electrons. The van der Waals surface area contributed by atoms with E-state index >= 15 is 0 Å². The molecule has 1 aromatic carbocycles. The fourth-order valence-corrected chi connectivity index (χ4v) is 6.16. The third kappa shape index (κ3) is 6.31. The Morgan fingerprint density at radius 2 is 1.89 bits per heavy atom. The molecule has 1 fully saturated rings. The number of amidine groups is 1. The predicted molar refractivity (Wildman–Crippen MR) is 142 cm³/mol. The lowest BCUT2D eigenvalue weighted by molar-refractivity contribution is -0.122. The minimum absolute atomic E-state index is 0.162. The Hall–Kier alpha value is -2.25. The summed E-state index contributed by atoms with van der Waals surface area (Å²) in [6, 6.07) is 2.60. The molecule has 0 aliphatic heterocycles. The van der Waals surface area contributed by atoms with Crippen molar-refractivity contribution in [3.63, 3.8) is 0 Å². The predicted octanol–water partition coefficient (Wildman–Crippen LogP) is 7.16. The van der Waals surface area contributed by atoms with Crippen molar-refractivity contribution in [1.82, 2.24) is 10.6 Å². The number of thiophene rings is 1. The van der Waals surface area contributed by atoms with Crippen LogP contribution in [0.2, 0.25) is 5.02 Å². The van der Waals surface area contributed by atoms with Crippen molar-refractivity contribution in [2.24, 2.45) is 10.4 Å². The Morgan fingerprint density at radius 1 is 1.20 bits per heavy atom. The van der Waals surface area contributed by atoms with Crippen LogP contribution in [0, 0.1) is 38.9 Å². The normalized spacial score (nSPS) is 16.3. The number of rotatable bonds is 9. The van der Waals surface area contributed by atoms with E-state index in [-0.39, 0.29) is 23.6 Å². The number of aryl methyl sites for hydroxylation is 2. The van der Waals surface area contributed by atoms with Crippen LogP contribution in [0.15, 0.2) is 17.1 Å². The van der Waals surface area contributed by atoms with Gasteiger partial charge in [-0.3, -0.25) is 9.59 Å². The van der Waals surface area contributed by atoms with E-state index in [0.717, 1.165) is 41.8 Å². The van der Waals surface area contributed by atoms with Gasteiger partial charge in [0.05, 0.1) is 11.1 Å². The minimum Gasteiger partial charge on any atom is -0.349 e. The topological polar surface area (TPSA) is 70.6 Å². The third-order valence-corrected chi connectivity index (χ3v) is 9.00. The number of nitrogens with one attached hydrogen (secondary N) is 2. The van der Waals surface area contributed by atoms with E-state index in [1.54, 1.807) is 17.4 Å². The zero-order valence-electron chi connectivity index (χ0n) is 21.2. The zero-order chi connectivity index (χ0) is 25.8. The number of amides is 2. The summed E-state index contributed by atoms with van der Waals surface area (Å²) >= 11 is 8.14. The van der Waals surface area contributed by atoms with Gasteiger partial charge in [-0.2, -0.15) is 0 Å². The molecule has 1 aliphatic rings. The van der Waals surface area contributed by atoms with E-state index in [0.29, 0.717) is 35.7 Å². The molecule has 1 heterocycles. The molecule has 1 saturated carbocycles. The quantitative estimate of drug-likeness (QED) is 0.209. The second-order valence-electron chi connectivity index (χ2n) is 9.84. The highest BCUT2D eigenvalue weighted by atomic mass is 35.5. The van der Waals surface area contributed by atoms with Gasteiger partial charge in [-0.15, -0.1) is 11.3 Å². The van der Waals surface area contributed by atoms with Crippen LogP contribution in [0.1, 0.15) is 85.0 Å². The first-order valence-electron chi connectivity index (χ1n) is 12.2. The largest absolute Gasteiger partial charge is 0.349 e. The van der Waals surface area contributed by atoms with Crippen LogP contribution in [0.5, 0.6) is 0 Å². The van der Waals surface area contributed by atoms with Gasteiger partial charge in [0.25, 0.3) is 0 Å². The Kier molecular flexibility index (Phi) is 9.11. The van der Waals surface area contributed by atoms with Crippen LogP contribution in [-0.2, 0) is 9.59 Å². The monoisotopic (exact) mass is 519 g/mol. The molecule has 2 N–H and O–H groups in total. The molecule has 8 heteroatoms. The van der Waals surface area contributed by atoms with Crippen molar-refractivity contribution in [2.45, 2.75) is 85.6 Å². The van der Waals surface area contributed by atoms with Gasteiger partial charge < -0.3 is 10.6 Å². The summed E-state index contributed by atoms with van der Waals surface area (Å²) < 4.78 is 15.0. The van der Waals surface area contributed by atoms with E-state index < -0.39 is 6.04 Å². The highest BCUT2D eigenvalue weighted by molar-refractivity contribution is 7.16. The molecule has 0 radical (unpaired) electrons. The zero-order valence-corrected chi connectivity index (χ0v) is 22.8. The lowest BCUT2D eigenvalue weighted by Crippen LogP contribution is -2.39. The second kappa shape index (κ2) is 11.7. The van der Waals surface area contributed by atoms with Crippen LogP contribution in [0.25, 0.3) is 0 Å². The highest BCUT2D eigenvalue weighted by Crippen LogP contribution is 2.49. The van der Waals surface area contributed by atoms with Crippen LogP contribution < -0.4 is 10.6 Å². The van der Waals surface area contributed by atoms with Crippen molar-refractivity contribution >= 4 is 46.1 Å². The Morgan fingerprint density at radius 3 is 2.49 bits per heavy atom. The average molecular weight is 520 g/mol. The molecule has 1 unspecified atom stereocenters. The first kappa shape index (κ1) is 27.3. The van der Waals surface area contributed by atoms with E-state index in [4.69, 9.17) is 11.6 Å². The van der Waals surface area contributed by atoms with Crippen molar-refractivity contribution < 1.29 is 14.0 Å². The number of hydrogen-bond donors (Lipinski definition) is 2. The summed E-state index contributed by atoms with van der Waals surface area (Å²) in [6.45, 7) is 10.1. The molecule has 0 bridgehead atoms. The summed E-state index contributed by atoms with van der Waals surface area (Å²) in [5.74, 6) is -0.0192. The Balaban J connectivity index is 1.73. The first-order chi connectivity index (χ1) is 16.6. The fourth-order valence-electron chi connectivity index (χ4n) is 4.84. The smallest absolute Gasteiger partial charge is 0.220 e. The number of halogens is 2. The summed E-state index contributed by atoms with van der Waals surface area (Å²) in [4.78, 5) is 30.0. The van der Waals surface area contributed by atoms with E-state index in [2.05, 4.69) is 29.5 Å². The first-order valence-corrected chi connectivity index (χ1v) is 13.3. The molecular formula is C27H35ClFN3O2S. The molecule has 5 nitrogen and oxygen atoms in total. The Bertz CT molecular complexity index is 1120. The maximum Gasteiger partial charge on any atom is 0.220 e.